The molecule has 0 radical (unpaired) electrons. The second kappa shape index (κ2) is 10.7. The summed E-state index contributed by atoms with van der Waals surface area (Å²) in [6, 6.07) is 17.0. The summed E-state index contributed by atoms with van der Waals surface area (Å²) < 4.78 is 18.4. The van der Waals surface area contributed by atoms with Gasteiger partial charge in [-0.05, 0) is 75.6 Å². The molecule has 4 aromatic rings. The van der Waals surface area contributed by atoms with Crippen LogP contribution < -0.4 is 14.9 Å². The van der Waals surface area contributed by atoms with Gasteiger partial charge in [0, 0.05) is 9.86 Å². The van der Waals surface area contributed by atoms with Gasteiger partial charge in [0.05, 0.1) is 23.4 Å². The number of carboxylic acids is 1. The fourth-order valence-corrected chi connectivity index (χ4v) is 4.15. The van der Waals surface area contributed by atoms with Gasteiger partial charge in [-0.1, -0.05) is 28.1 Å². The maximum absolute atomic E-state index is 12.4. The van der Waals surface area contributed by atoms with Crippen LogP contribution in [0.15, 0.2) is 79.1 Å². The third kappa shape index (κ3) is 5.90. The molecule has 8 nitrogen and oxygen atoms in total. The van der Waals surface area contributed by atoms with Crippen LogP contribution in [-0.4, -0.2) is 30.3 Å². The predicted octanol–water partition coefficient (Wildman–Crippen LogP) is 6.01. The van der Waals surface area contributed by atoms with Crippen molar-refractivity contribution in [2.45, 2.75) is 6.61 Å². The Bertz CT molecular complexity index is 1430. The van der Waals surface area contributed by atoms with E-state index >= 15 is 0 Å². The fraction of sp³-hybridized carbons (Fsp3) is 0.0800. The summed E-state index contributed by atoms with van der Waals surface area (Å²) in [4.78, 5) is 23.4. The van der Waals surface area contributed by atoms with Gasteiger partial charge in [0.15, 0.2) is 17.3 Å². The van der Waals surface area contributed by atoms with Crippen LogP contribution in [0.4, 0.5) is 0 Å². The van der Waals surface area contributed by atoms with Gasteiger partial charge in [0.1, 0.15) is 12.2 Å². The van der Waals surface area contributed by atoms with Gasteiger partial charge in [-0.25, -0.2) is 10.2 Å². The Morgan fingerprint density at radius 2 is 1.86 bits per heavy atom. The second-order valence-corrected chi connectivity index (χ2v) is 9.09. The molecule has 0 atom stereocenters. The van der Waals surface area contributed by atoms with Gasteiger partial charge in [-0.15, -0.1) is 0 Å². The SMILES string of the molecule is COc1cc(/C=N/NC(=O)c2cc3cc(Br)ccc3o2)cc(Br)c1OCc1ccc(C(=O)O)cc1. The van der Waals surface area contributed by atoms with Gasteiger partial charge in [-0.2, -0.15) is 5.10 Å². The van der Waals surface area contributed by atoms with E-state index < -0.39 is 11.9 Å². The number of ether oxygens (including phenoxy) is 2. The fourth-order valence-electron chi connectivity index (χ4n) is 3.20. The minimum atomic E-state index is -0.985. The van der Waals surface area contributed by atoms with Crippen molar-refractivity contribution in [2.24, 2.45) is 5.10 Å². The molecular formula is C25H18Br2N2O6. The average Bonchev–Trinajstić information content (AvgIpc) is 3.26. The van der Waals surface area contributed by atoms with E-state index in [4.69, 9.17) is 19.0 Å². The van der Waals surface area contributed by atoms with Crippen molar-refractivity contribution in [3.05, 3.63) is 92.1 Å². The molecule has 0 saturated carbocycles. The van der Waals surface area contributed by atoms with Crippen molar-refractivity contribution in [3.8, 4) is 11.5 Å². The smallest absolute Gasteiger partial charge is 0.335 e. The molecule has 0 fully saturated rings. The minimum absolute atomic E-state index is 0.147. The van der Waals surface area contributed by atoms with Crippen LogP contribution in [-0.2, 0) is 6.61 Å². The quantitative estimate of drug-likeness (QED) is 0.189. The number of hydrogen-bond acceptors (Lipinski definition) is 6. The molecule has 2 N–H and O–H groups in total. The molecule has 178 valence electrons. The van der Waals surface area contributed by atoms with E-state index in [1.807, 2.05) is 12.1 Å². The lowest BCUT2D eigenvalue weighted by atomic mass is 10.1. The van der Waals surface area contributed by atoms with Gasteiger partial charge < -0.3 is 19.0 Å². The summed E-state index contributed by atoms with van der Waals surface area (Å²) in [5.74, 6) is -0.384. The summed E-state index contributed by atoms with van der Waals surface area (Å²) in [6.45, 7) is 0.215. The Morgan fingerprint density at radius 3 is 2.57 bits per heavy atom. The number of fused-ring (bicyclic) bond motifs is 1. The maximum Gasteiger partial charge on any atom is 0.335 e. The molecule has 0 aliphatic carbocycles. The number of methoxy groups -OCH3 is 1. The molecule has 1 heterocycles. The molecule has 35 heavy (non-hydrogen) atoms. The Hall–Kier alpha value is -3.63. The van der Waals surface area contributed by atoms with E-state index in [0.717, 1.165) is 15.4 Å². The molecule has 0 unspecified atom stereocenters. The van der Waals surface area contributed by atoms with E-state index in [1.165, 1.54) is 25.5 Å². The first-order valence-corrected chi connectivity index (χ1v) is 11.8. The maximum atomic E-state index is 12.4. The number of amides is 1. The van der Waals surface area contributed by atoms with Crippen molar-refractivity contribution in [1.82, 2.24) is 5.43 Å². The van der Waals surface area contributed by atoms with Crippen LogP contribution in [0.3, 0.4) is 0 Å². The van der Waals surface area contributed by atoms with Crippen molar-refractivity contribution >= 4 is 60.9 Å². The first-order valence-electron chi connectivity index (χ1n) is 10.2. The third-order valence-electron chi connectivity index (χ3n) is 4.92. The van der Waals surface area contributed by atoms with E-state index in [2.05, 4.69) is 42.4 Å². The Balaban J connectivity index is 1.42. The molecule has 0 aliphatic heterocycles. The third-order valence-corrected chi connectivity index (χ3v) is 6.00. The molecule has 0 spiro atoms. The Morgan fingerprint density at radius 1 is 1.09 bits per heavy atom. The highest BCUT2D eigenvalue weighted by Gasteiger charge is 2.14. The summed E-state index contributed by atoms with van der Waals surface area (Å²) in [5, 5.41) is 13.8. The van der Waals surface area contributed by atoms with E-state index in [1.54, 1.807) is 36.4 Å². The van der Waals surface area contributed by atoms with Crippen molar-refractivity contribution in [3.63, 3.8) is 0 Å². The molecular weight excluding hydrogens is 584 g/mol. The molecule has 4 rings (SSSR count). The monoisotopic (exact) mass is 600 g/mol. The molecule has 0 saturated heterocycles. The lowest BCUT2D eigenvalue weighted by Gasteiger charge is -2.13. The topological polar surface area (TPSA) is 110 Å². The van der Waals surface area contributed by atoms with Gasteiger partial charge in [0.25, 0.3) is 0 Å². The number of nitrogens with one attached hydrogen (secondary N) is 1. The number of carbonyl (C=O) groups excluding carboxylic acids is 1. The second-order valence-electron chi connectivity index (χ2n) is 7.32. The molecule has 1 aromatic heterocycles. The van der Waals surface area contributed by atoms with Gasteiger partial charge >= 0.3 is 11.9 Å². The van der Waals surface area contributed by atoms with Crippen LogP contribution in [0.25, 0.3) is 11.0 Å². The van der Waals surface area contributed by atoms with Crippen molar-refractivity contribution < 1.29 is 28.6 Å². The highest BCUT2D eigenvalue weighted by Crippen LogP contribution is 2.37. The van der Waals surface area contributed by atoms with E-state index in [0.29, 0.717) is 27.1 Å². The normalized spacial score (nSPS) is 11.1. The Labute approximate surface area is 216 Å². The molecule has 1 amide bonds. The first-order chi connectivity index (χ1) is 16.8. The summed E-state index contributed by atoms with van der Waals surface area (Å²) in [7, 11) is 1.51. The number of rotatable bonds is 8. The predicted molar refractivity (Wildman–Crippen MR) is 137 cm³/mol. The molecule has 10 heteroatoms. The van der Waals surface area contributed by atoms with E-state index in [9.17, 15) is 9.59 Å². The Kier molecular flexibility index (Phi) is 7.52. The van der Waals surface area contributed by atoms with Crippen LogP contribution in [0.1, 0.15) is 32.0 Å². The number of carbonyl (C=O) groups is 2. The number of furan rings is 1. The zero-order valence-electron chi connectivity index (χ0n) is 18.2. The zero-order valence-corrected chi connectivity index (χ0v) is 21.4. The number of hydrogen-bond donors (Lipinski definition) is 2. The van der Waals surface area contributed by atoms with Crippen LogP contribution in [0.5, 0.6) is 11.5 Å². The summed E-state index contributed by atoms with van der Waals surface area (Å²) in [6.07, 6.45) is 1.47. The number of halogens is 2. The van der Waals surface area contributed by atoms with Gasteiger partial charge in [0.2, 0.25) is 0 Å². The van der Waals surface area contributed by atoms with Crippen molar-refractivity contribution in [2.75, 3.05) is 7.11 Å². The molecule has 0 aliphatic rings. The van der Waals surface area contributed by atoms with E-state index in [-0.39, 0.29) is 17.9 Å². The highest BCUT2D eigenvalue weighted by molar-refractivity contribution is 9.10. The number of nitrogens with zero attached hydrogens (tertiary/aromatic N) is 1. The lowest BCUT2D eigenvalue weighted by Crippen LogP contribution is -2.16. The number of benzene rings is 3. The van der Waals surface area contributed by atoms with Crippen LogP contribution in [0, 0.1) is 0 Å². The summed E-state index contributed by atoms with van der Waals surface area (Å²) in [5.41, 5.74) is 4.71. The van der Waals surface area contributed by atoms with Gasteiger partial charge in [-0.3, -0.25) is 4.79 Å². The standard InChI is InChI=1S/C25H18Br2N2O6/c1-33-21-9-15(8-19(27)23(21)34-13-14-2-4-16(5-3-14)25(31)32)12-28-29-24(30)22-11-17-10-18(26)6-7-20(17)35-22/h2-12H,13H2,1H3,(H,29,30)(H,31,32)/b28-12+. The largest absolute Gasteiger partial charge is 0.493 e. The zero-order chi connectivity index (χ0) is 24.9. The first kappa shape index (κ1) is 24.5. The highest BCUT2D eigenvalue weighted by atomic mass is 79.9. The number of hydrazone groups is 1. The molecule has 3 aromatic carbocycles. The van der Waals surface area contributed by atoms with Crippen molar-refractivity contribution in [1.29, 1.82) is 0 Å². The number of aromatic carboxylic acids is 1. The average molecular weight is 602 g/mol. The minimum Gasteiger partial charge on any atom is -0.493 e. The van der Waals surface area contributed by atoms with Crippen LogP contribution in [0.2, 0.25) is 0 Å². The lowest BCUT2D eigenvalue weighted by molar-refractivity contribution is 0.0696. The number of carboxylic acid groups (broad SMARTS) is 1. The molecule has 0 bridgehead atoms. The summed E-state index contributed by atoms with van der Waals surface area (Å²) >= 11 is 6.87. The van der Waals surface area contributed by atoms with Crippen LogP contribution >= 0.6 is 31.9 Å².